The first kappa shape index (κ1) is 17.1. The number of Topliss-reactive ketones (excluding diaryl/α,β-unsaturated/α-hetero) is 1. The molecule has 2 aromatic carbocycles. The molecule has 0 radical (unpaired) electrons. The SMILES string of the molecule is O=C(CC(NCCO)c1ccccc1)c1cc2ccccc2oc1=O. The van der Waals surface area contributed by atoms with Crippen LogP contribution in [-0.2, 0) is 0 Å². The first-order chi connectivity index (χ1) is 12.2. The van der Waals surface area contributed by atoms with Gasteiger partial charge >= 0.3 is 5.63 Å². The van der Waals surface area contributed by atoms with E-state index in [-0.39, 0.29) is 30.4 Å². The van der Waals surface area contributed by atoms with E-state index < -0.39 is 5.63 Å². The van der Waals surface area contributed by atoms with Crippen LogP contribution in [0, 0.1) is 0 Å². The van der Waals surface area contributed by atoms with Crippen LogP contribution in [0.3, 0.4) is 0 Å². The number of ketones is 1. The number of aliphatic hydroxyl groups is 1. The van der Waals surface area contributed by atoms with Gasteiger partial charge in [-0.15, -0.1) is 0 Å². The van der Waals surface area contributed by atoms with E-state index in [1.807, 2.05) is 36.4 Å². The fraction of sp³-hybridized carbons (Fsp3) is 0.200. The smallest absolute Gasteiger partial charge is 0.347 e. The molecule has 0 amide bonds. The highest BCUT2D eigenvalue weighted by molar-refractivity contribution is 5.98. The third-order valence-corrected chi connectivity index (χ3v) is 4.04. The van der Waals surface area contributed by atoms with E-state index in [4.69, 9.17) is 9.52 Å². The molecule has 5 nitrogen and oxygen atoms in total. The minimum absolute atomic E-state index is 0.0321. The number of nitrogens with one attached hydrogen (secondary N) is 1. The molecule has 0 aliphatic heterocycles. The van der Waals surface area contributed by atoms with Gasteiger partial charge in [-0.25, -0.2) is 4.79 Å². The van der Waals surface area contributed by atoms with Crippen molar-refractivity contribution in [3.05, 3.63) is 82.2 Å². The van der Waals surface area contributed by atoms with Crippen molar-refractivity contribution in [2.24, 2.45) is 0 Å². The largest absolute Gasteiger partial charge is 0.422 e. The van der Waals surface area contributed by atoms with Crippen molar-refractivity contribution >= 4 is 16.8 Å². The summed E-state index contributed by atoms with van der Waals surface area (Å²) in [5.41, 5.74) is 0.805. The Morgan fingerprint density at radius 1 is 1.08 bits per heavy atom. The number of carbonyl (C=O) groups is 1. The van der Waals surface area contributed by atoms with Gasteiger partial charge in [0.05, 0.1) is 6.61 Å². The average molecular weight is 337 g/mol. The van der Waals surface area contributed by atoms with Gasteiger partial charge in [-0.05, 0) is 17.7 Å². The molecule has 2 N–H and O–H groups in total. The monoisotopic (exact) mass is 337 g/mol. The van der Waals surface area contributed by atoms with Crippen LogP contribution in [0.5, 0.6) is 0 Å². The predicted octanol–water partition coefficient (Wildman–Crippen LogP) is 2.69. The molecule has 0 saturated heterocycles. The Morgan fingerprint density at radius 3 is 2.56 bits per heavy atom. The number of fused-ring (bicyclic) bond motifs is 1. The molecule has 1 heterocycles. The third-order valence-electron chi connectivity index (χ3n) is 4.04. The molecule has 0 aliphatic carbocycles. The van der Waals surface area contributed by atoms with Gasteiger partial charge in [0.25, 0.3) is 0 Å². The first-order valence-corrected chi connectivity index (χ1v) is 8.14. The standard InChI is InChI=1S/C20H19NO4/c22-11-10-21-17(14-6-2-1-3-7-14)13-18(23)16-12-15-8-4-5-9-19(15)25-20(16)24/h1-9,12,17,21-22H,10-11,13H2. The molecule has 25 heavy (non-hydrogen) atoms. The third kappa shape index (κ3) is 4.02. The summed E-state index contributed by atoms with van der Waals surface area (Å²) in [6, 6.07) is 17.9. The summed E-state index contributed by atoms with van der Waals surface area (Å²) >= 11 is 0. The zero-order valence-corrected chi connectivity index (χ0v) is 13.6. The Morgan fingerprint density at radius 2 is 1.80 bits per heavy atom. The number of rotatable bonds is 7. The van der Waals surface area contributed by atoms with Crippen LogP contribution >= 0.6 is 0 Å². The normalized spacial score (nSPS) is 12.2. The van der Waals surface area contributed by atoms with Gasteiger partial charge in [-0.2, -0.15) is 0 Å². The summed E-state index contributed by atoms with van der Waals surface area (Å²) in [5, 5.41) is 12.9. The molecular weight excluding hydrogens is 318 g/mol. The minimum atomic E-state index is -0.627. The number of para-hydroxylation sites is 1. The van der Waals surface area contributed by atoms with Crippen LogP contribution in [0.15, 0.2) is 69.9 Å². The zero-order valence-electron chi connectivity index (χ0n) is 13.6. The Hall–Kier alpha value is -2.76. The van der Waals surface area contributed by atoms with E-state index in [9.17, 15) is 9.59 Å². The molecule has 3 rings (SSSR count). The van der Waals surface area contributed by atoms with Crippen LogP contribution in [0.2, 0.25) is 0 Å². The molecule has 1 aromatic heterocycles. The highest BCUT2D eigenvalue weighted by atomic mass is 16.4. The summed E-state index contributed by atoms with van der Waals surface area (Å²) in [4.78, 5) is 24.9. The number of carbonyl (C=O) groups excluding carboxylic acids is 1. The highest BCUT2D eigenvalue weighted by Gasteiger charge is 2.20. The molecule has 1 unspecified atom stereocenters. The van der Waals surface area contributed by atoms with Crippen molar-refractivity contribution in [1.29, 1.82) is 0 Å². The zero-order chi connectivity index (χ0) is 17.6. The molecule has 0 saturated carbocycles. The number of hydrogen-bond acceptors (Lipinski definition) is 5. The molecule has 1 atom stereocenters. The highest BCUT2D eigenvalue weighted by Crippen LogP contribution is 2.20. The van der Waals surface area contributed by atoms with E-state index in [0.29, 0.717) is 17.5 Å². The van der Waals surface area contributed by atoms with Crippen LogP contribution < -0.4 is 10.9 Å². The summed E-state index contributed by atoms with van der Waals surface area (Å²) in [6.07, 6.45) is 0.104. The van der Waals surface area contributed by atoms with Crippen LogP contribution in [-0.4, -0.2) is 24.0 Å². The maximum absolute atomic E-state index is 12.7. The Kier molecular flexibility index (Phi) is 5.38. The molecular formula is C20H19NO4. The molecule has 3 aromatic rings. The molecule has 0 spiro atoms. The fourth-order valence-electron chi connectivity index (χ4n) is 2.78. The Balaban J connectivity index is 1.88. The van der Waals surface area contributed by atoms with Gasteiger partial charge in [0.15, 0.2) is 5.78 Å². The second kappa shape index (κ2) is 7.88. The van der Waals surface area contributed by atoms with Crippen molar-refractivity contribution < 1.29 is 14.3 Å². The van der Waals surface area contributed by atoms with Crippen LogP contribution in [0.25, 0.3) is 11.0 Å². The average Bonchev–Trinajstić information content (AvgIpc) is 2.65. The van der Waals surface area contributed by atoms with Crippen LogP contribution in [0.4, 0.5) is 0 Å². The van der Waals surface area contributed by atoms with E-state index in [1.54, 1.807) is 24.3 Å². The lowest BCUT2D eigenvalue weighted by Crippen LogP contribution is -2.28. The number of hydrogen-bond donors (Lipinski definition) is 2. The molecule has 0 aliphatic rings. The summed E-state index contributed by atoms with van der Waals surface area (Å²) < 4.78 is 5.25. The summed E-state index contributed by atoms with van der Waals surface area (Å²) in [6.45, 7) is 0.328. The summed E-state index contributed by atoms with van der Waals surface area (Å²) in [7, 11) is 0. The molecule has 0 fully saturated rings. The quantitative estimate of drug-likeness (QED) is 0.512. The topological polar surface area (TPSA) is 79.5 Å². The minimum Gasteiger partial charge on any atom is -0.422 e. The van der Waals surface area contributed by atoms with E-state index in [2.05, 4.69) is 5.32 Å². The lowest BCUT2D eigenvalue weighted by Gasteiger charge is -2.18. The fourth-order valence-corrected chi connectivity index (χ4v) is 2.78. The number of benzene rings is 2. The molecule has 128 valence electrons. The second-order valence-corrected chi connectivity index (χ2v) is 5.75. The molecule has 0 bridgehead atoms. The predicted molar refractivity (Wildman–Crippen MR) is 95.7 cm³/mol. The van der Waals surface area contributed by atoms with E-state index in [1.165, 1.54) is 0 Å². The van der Waals surface area contributed by atoms with Gasteiger partial charge in [0, 0.05) is 24.4 Å². The van der Waals surface area contributed by atoms with Gasteiger partial charge in [0.1, 0.15) is 11.1 Å². The van der Waals surface area contributed by atoms with Crippen LogP contribution in [0.1, 0.15) is 28.4 Å². The van der Waals surface area contributed by atoms with E-state index in [0.717, 1.165) is 5.56 Å². The van der Waals surface area contributed by atoms with Gasteiger partial charge in [-0.3, -0.25) is 4.79 Å². The maximum Gasteiger partial charge on any atom is 0.347 e. The Labute approximate surface area is 144 Å². The van der Waals surface area contributed by atoms with Crippen molar-refractivity contribution in [1.82, 2.24) is 5.32 Å². The van der Waals surface area contributed by atoms with Gasteiger partial charge < -0.3 is 14.8 Å². The van der Waals surface area contributed by atoms with Crippen molar-refractivity contribution in [3.63, 3.8) is 0 Å². The van der Waals surface area contributed by atoms with Crippen molar-refractivity contribution in [3.8, 4) is 0 Å². The number of aliphatic hydroxyl groups excluding tert-OH is 1. The van der Waals surface area contributed by atoms with Gasteiger partial charge in [0.2, 0.25) is 0 Å². The first-order valence-electron chi connectivity index (χ1n) is 8.14. The molecule has 5 heteroatoms. The lowest BCUT2D eigenvalue weighted by molar-refractivity contribution is 0.0963. The summed E-state index contributed by atoms with van der Waals surface area (Å²) in [5.74, 6) is -0.293. The van der Waals surface area contributed by atoms with Gasteiger partial charge in [-0.1, -0.05) is 48.5 Å². The Bertz CT molecular complexity index is 918. The second-order valence-electron chi connectivity index (χ2n) is 5.75. The van der Waals surface area contributed by atoms with Crippen molar-refractivity contribution in [2.75, 3.05) is 13.2 Å². The lowest BCUT2D eigenvalue weighted by atomic mass is 9.98. The van der Waals surface area contributed by atoms with E-state index >= 15 is 0 Å². The maximum atomic E-state index is 12.7. The van der Waals surface area contributed by atoms with Crippen molar-refractivity contribution in [2.45, 2.75) is 12.5 Å².